The van der Waals surface area contributed by atoms with E-state index in [-0.39, 0.29) is 0 Å². The smallest absolute Gasteiger partial charge is 0.0166 e. The van der Waals surface area contributed by atoms with Crippen molar-refractivity contribution in [2.75, 3.05) is 0 Å². The van der Waals surface area contributed by atoms with Crippen LogP contribution < -0.4 is 0 Å². The highest BCUT2D eigenvalue weighted by molar-refractivity contribution is 5.04. The van der Waals surface area contributed by atoms with E-state index in [1.165, 1.54) is 25.7 Å². The molecule has 0 heteroatoms. The summed E-state index contributed by atoms with van der Waals surface area (Å²) in [4.78, 5) is 0. The van der Waals surface area contributed by atoms with Gasteiger partial charge < -0.3 is 0 Å². The highest BCUT2D eigenvalue weighted by atomic mass is 13.9. The van der Waals surface area contributed by atoms with Crippen molar-refractivity contribution in [3.05, 3.63) is 43.4 Å². The Morgan fingerprint density at radius 3 is 2.40 bits per heavy atom. The number of unbranched alkanes of at least 4 members (excludes halogenated alkanes) is 4. The van der Waals surface area contributed by atoms with Crippen LogP contribution in [0.3, 0.4) is 0 Å². The summed E-state index contributed by atoms with van der Waals surface area (Å²) in [6, 6.07) is 0. The van der Waals surface area contributed by atoms with Gasteiger partial charge >= 0.3 is 0 Å². The van der Waals surface area contributed by atoms with E-state index in [1.807, 2.05) is 0 Å². The molecule has 15 heavy (non-hydrogen) atoms. The van der Waals surface area contributed by atoms with Crippen molar-refractivity contribution >= 4 is 0 Å². The maximum Gasteiger partial charge on any atom is -0.0166 e. The van der Waals surface area contributed by atoms with Crippen LogP contribution in [0, 0.1) is 6.92 Å². The molecule has 0 spiro atoms. The van der Waals surface area contributed by atoms with Crippen molar-refractivity contribution in [1.29, 1.82) is 0 Å². The molecule has 0 rings (SSSR count). The van der Waals surface area contributed by atoms with Gasteiger partial charge in [-0.3, -0.25) is 0 Å². The minimum atomic E-state index is 1.06. The van der Waals surface area contributed by atoms with Gasteiger partial charge in [-0.25, -0.2) is 0 Å². The minimum absolute atomic E-state index is 1.06. The summed E-state index contributed by atoms with van der Waals surface area (Å²) in [6.07, 6.45) is 21.5. The maximum absolute atomic E-state index is 3.83. The van der Waals surface area contributed by atoms with Crippen molar-refractivity contribution in [2.24, 2.45) is 0 Å². The Hall–Kier alpha value is -0.780. The van der Waals surface area contributed by atoms with Gasteiger partial charge in [0.1, 0.15) is 0 Å². The van der Waals surface area contributed by atoms with Crippen molar-refractivity contribution in [1.82, 2.24) is 0 Å². The molecule has 0 unspecified atom stereocenters. The lowest BCUT2D eigenvalue weighted by molar-refractivity contribution is 0.694. The zero-order chi connectivity index (χ0) is 11.2. The lowest BCUT2D eigenvalue weighted by atomic mass is 10.1. The number of hydrogen-bond acceptors (Lipinski definition) is 0. The van der Waals surface area contributed by atoms with Crippen LogP contribution in [0.25, 0.3) is 0 Å². The van der Waals surface area contributed by atoms with Crippen LogP contribution in [-0.2, 0) is 0 Å². The predicted molar refractivity (Wildman–Crippen MR) is 70.8 cm³/mol. The van der Waals surface area contributed by atoms with Crippen LogP contribution in [0.5, 0.6) is 0 Å². The molecule has 0 bridgehead atoms. The van der Waals surface area contributed by atoms with Crippen LogP contribution in [0.15, 0.2) is 36.5 Å². The van der Waals surface area contributed by atoms with E-state index in [1.54, 1.807) is 0 Å². The fourth-order valence-corrected chi connectivity index (χ4v) is 1.28. The fraction of sp³-hybridized carbons (Fsp3) is 0.533. The van der Waals surface area contributed by atoms with Crippen molar-refractivity contribution < 1.29 is 0 Å². The summed E-state index contributed by atoms with van der Waals surface area (Å²) in [7, 11) is 0. The molecule has 0 heterocycles. The first-order valence-corrected chi connectivity index (χ1v) is 6.17. The average molecular weight is 205 g/mol. The molecule has 85 valence electrons. The lowest BCUT2D eigenvalue weighted by Gasteiger charge is -1.93. The second-order valence-corrected chi connectivity index (χ2v) is 3.67. The standard InChI is InChI=1S/C15H25/c1-3-5-7-9-11-13-15-14-12-10-8-6-4-2/h6,8,10,12-13,15H,1,3-5,7,9,11,14H2,2H3. The number of rotatable bonds is 9. The quantitative estimate of drug-likeness (QED) is 0.274. The van der Waals surface area contributed by atoms with E-state index in [4.69, 9.17) is 0 Å². The van der Waals surface area contributed by atoms with Crippen LogP contribution in [-0.4, -0.2) is 0 Å². The lowest BCUT2D eigenvalue weighted by Crippen LogP contribution is -1.73. The second-order valence-electron chi connectivity index (χ2n) is 3.67. The number of hydrogen-bond donors (Lipinski definition) is 0. The molecular formula is C15H25. The molecule has 0 aliphatic carbocycles. The van der Waals surface area contributed by atoms with Gasteiger partial charge in [-0.2, -0.15) is 0 Å². The van der Waals surface area contributed by atoms with Gasteiger partial charge in [-0.05, 0) is 25.7 Å². The van der Waals surface area contributed by atoms with E-state index in [9.17, 15) is 0 Å². The minimum Gasteiger partial charge on any atom is -0.0882 e. The first kappa shape index (κ1) is 14.2. The van der Waals surface area contributed by atoms with Gasteiger partial charge in [0, 0.05) is 0 Å². The van der Waals surface area contributed by atoms with Crippen LogP contribution >= 0.6 is 0 Å². The summed E-state index contributed by atoms with van der Waals surface area (Å²) < 4.78 is 0. The molecule has 0 aliphatic heterocycles. The van der Waals surface area contributed by atoms with E-state index in [2.05, 4.69) is 50.3 Å². The molecule has 0 N–H and O–H groups in total. The topological polar surface area (TPSA) is 0 Å². The van der Waals surface area contributed by atoms with Gasteiger partial charge in [0.2, 0.25) is 0 Å². The molecule has 0 aromatic carbocycles. The predicted octanol–water partition coefficient (Wildman–Crippen LogP) is 5.24. The molecule has 0 aliphatic rings. The van der Waals surface area contributed by atoms with Gasteiger partial charge in [-0.15, -0.1) is 0 Å². The van der Waals surface area contributed by atoms with Crippen LogP contribution in [0.2, 0.25) is 0 Å². The SMILES string of the molecule is [CH2]CCCCCC=CCC=CC=CCC. The molecule has 0 nitrogen and oxygen atoms in total. The van der Waals surface area contributed by atoms with Gasteiger partial charge in [-0.1, -0.05) is 69.6 Å². The Morgan fingerprint density at radius 1 is 0.867 bits per heavy atom. The summed E-state index contributed by atoms with van der Waals surface area (Å²) in [5.41, 5.74) is 0. The summed E-state index contributed by atoms with van der Waals surface area (Å²) in [5, 5.41) is 0. The molecule has 0 amide bonds. The normalized spacial score (nSPS) is 12.4. The molecule has 0 aromatic heterocycles. The summed E-state index contributed by atoms with van der Waals surface area (Å²) in [6.45, 7) is 5.98. The van der Waals surface area contributed by atoms with Crippen molar-refractivity contribution in [3.63, 3.8) is 0 Å². The first-order chi connectivity index (χ1) is 7.41. The maximum atomic E-state index is 3.83. The van der Waals surface area contributed by atoms with Crippen molar-refractivity contribution in [2.45, 2.75) is 51.9 Å². The average Bonchev–Trinajstić information content (AvgIpc) is 2.26. The van der Waals surface area contributed by atoms with E-state index in [0.717, 1.165) is 19.3 Å². The van der Waals surface area contributed by atoms with Gasteiger partial charge in [0.15, 0.2) is 0 Å². The second kappa shape index (κ2) is 13.2. The Labute approximate surface area is 95.8 Å². The third-order valence-electron chi connectivity index (χ3n) is 2.18. The zero-order valence-electron chi connectivity index (χ0n) is 10.1. The Balaban J connectivity index is 3.23. The molecular weight excluding hydrogens is 180 g/mol. The van der Waals surface area contributed by atoms with Crippen LogP contribution in [0.4, 0.5) is 0 Å². The molecule has 0 aromatic rings. The third kappa shape index (κ3) is 13.2. The van der Waals surface area contributed by atoms with E-state index >= 15 is 0 Å². The fourth-order valence-electron chi connectivity index (χ4n) is 1.28. The molecule has 0 saturated heterocycles. The Bertz CT molecular complexity index is 184. The molecule has 0 fully saturated rings. The van der Waals surface area contributed by atoms with Gasteiger partial charge in [0.25, 0.3) is 0 Å². The highest BCUT2D eigenvalue weighted by Crippen LogP contribution is 2.03. The monoisotopic (exact) mass is 205 g/mol. The Morgan fingerprint density at radius 2 is 1.67 bits per heavy atom. The summed E-state index contributed by atoms with van der Waals surface area (Å²) in [5.74, 6) is 0. The van der Waals surface area contributed by atoms with E-state index in [0.29, 0.717) is 0 Å². The summed E-state index contributed by atoms with van der Waals surface area (Å²) >= 11 is 0. The third-order valence-corrected chi connectivity index (χ3v) is 2.18. The van der Waals surface area contributed by atoms with Gasteiger partial charge in [0.05, 0.1) is 0 Å². The molecule has 0 saturated carbocycles. The zero-order valence-corrected chi connectivity index (χ0v) is 10.1. The molecule has 1 radical (unpaired) electrons. The van der Waals surface area contributed by atoms with Crippen LogP contribution in [0.1, 0.15) is 51.9 Å². The molecule has 0 atom stereocenters. The number of allylic oxidation sites excluding steroid dienone is 6. The van der Waals surface area contributed by atoms with Crippen molar-refractivity contribution in [3.8, 4) is 0 Å². The highest BCUT2D eigenvalue weighted by Gasteiger charge is 1.83. The Kier molecular flexibility index (Phi) is 12.5. The van der Waals surface area contributed by atoms with E-state index < -0.39 is 0 Å². The largest absolute Gasteiger partial charge is 0.0882 e. The first-order valence-electron chi connectivity index (χ1n) is 6.17.